The maximum Gasteiger partial charge on any atom is 0.252 e. The number of hydrogen-bond acceptors (Lipinski definition) is 5. The molecule has 2 atom stereocenters. The number of hydrogen-bond donors (Lipinski definition) is 6. The Morgan fingerprint density at radius 3 is 1.75 bits per heavy atom. The summed E-state index contributed by atoms with van der Waals surface area (Å²) in [4.78, 5) is 39.8. The van der Waals surface area contributed by atoms with Crippen molar-refractivity contribution in [3.8, 4) is 12.3 Å². The molecule has 0 fully saturated rings. The molecule has 0 saturated carbocycles. The van der Waals surface area contributed by atoms with Crippen LogP contribution in [0.3, 0.4) is 0 Å². The third-order valence-corrected chi connectivity index (χ3v) is 9.94. The van der Waals surface area contributed by atoms with Crippen LogP contribution in [0.1, 0.15) is 72.0 Å². The monoisotopic (exact) mass is 688 g/mol. The molecule has 5 heterocycles. The lowest BCUT2D eigenvalue weighted by Crippen LogP contribution is -2.22. The third-order valence-electron chi connectivity index (χ3n) is 9.94. The van der Waals surface area contributed by atoms with E-state index in [0.29, 0.717) is 16.8 Å². The van der Waals surface area contributed by atoms with Crippen LogP contribution in [0.4, 0.5) is 5.69 Å². The van der Waals surface area contributed by atoms with Gasteiger partial charge in [-0.25, -0.2) is 0 Å². The number of carbonyl (C=O) groups is 2. The van der Waals surface area contributed by atoms with Gasteiger partial charge in [-0.1, -0.05) is 42.3 Å². The summed E-state index contributed by atoms with van der Waals surface area (Å²) in [5.41, 5.74) is 18.1. The fraction of sp³-hybridized carbons (Fsp3) is 0.190. The molecule has 0 bridgehead atoms. The van der Waals surface area contributed by atoms with Gasteiger partial charge >= 0.3 is 0 Å². The number of carbonyl (C=O) groups excluding carboxylic acids is 2. The molecule has 0 radical (unpaired) electrons. The highest BCUT2D eigenvalue weighted by Gasteiger charge is 2.35. The highest BCUT2D eigenvalue weighted by molar-refractivity contribution is 6.04. The Bertz CT molecular complexity index is 2580. The molecule has 2 aliphatic heterocycles. The molecule has 9 rings (SSSR count). The van der Waals surface area contributed by atoms with Gasteiger partial charge in [0.2, 0.25) is 0 Å². The average Bonchev–Trinajstić information content (AvgIpc) is 3.92. The maximum atomic E-state index is 12.7. The first-order chi connectivity index (χ1) is 25.1. The molecule has 10 nitrogen and oxygen atoms in total. The summed E-state index contributed by atoms with van der Waals surface area (Å²) in [5.74, 6) is 2.42. The van der Waals surface area contributed by atoms with E-state index >= 15 is 0 Å². The zero-order valence-corrected chi connectivity index (χ0v) is 29.5. The highest BCUT2D eigenvalue weighted by atomic mass is 16.2. The van der Waals surface area contributed by atoms with E-state index in [9.17, 15) is 9.59 Å². The topological polar surface area (TPSA) is 138 Å². The van der Waals surface area contributed by atoms with Crippen molar-refractivity contribution in [3.05, 3.63) is 135 Å². The number of aromatic nitrogens is 3. The van der Waals surface area contributed by atoms with Crippen LogP contribution in [0.5, 0.6) is 0 Å². The van der Waals surface area contributed by atoms with Crippen LogP contribution in [-0.2, 0) is 13.1 Å². The van der Waals surface area contributed by atoms with Gasteiger partial charge in [0.15, 0.2) is 0 Å². The molecule has 2 unspecified atom stereocenters. The van der Waals surface area contributed by atoms with Crippen molar-refractivity contribution in [3.63, 3.8) is 0 Å². The first-order valence-electron chi connectivity index (χ1n) is 17.2. The molecule has 10 heteroatoms. The summed E-state index contributed by atoms with van der Waals surface area (Å²) in [6.45, 7) is 1.53. The van der Waals surface area contributed by atoms with Gasteiger partial charge in [0.05, 0.1) is 12.1 Å². The molecule has 2 amide bonds. The van der Waals surface area contributed by atoms with Crippen molar-refractivity contribution in [2.75, 3.05) is 33.9 Å². The van der Waals surface area contributed by atoms with E-state index in [4.69, 9.17) is 12.2 Å². The Morgan fingerprint density at radius 2 is 1.21 bits per heavy atom. The second kappa shape index (κ2) is 12.8. The van der Waals surface area contributed by atoms with E-state index in [1.807, 2.05) is 68.8 Å². The lowest BCUT2D eigenvalue weighted by atomic mass is 9.94. The Morgan fingerprint density at radius 1 is 0.692 bits per heavy atom. The Kier molecular flexibility index (Phi) is 8.10. The number of fused-ring (bicyclic) bond motifs is 5. The number of rotatable bonds is 6. The summed E-state index contributed by atoms with van der Waals surface area (Å²) in [6.07, 6.45) is 7.41. The molecule has 7 N–H and O–H groups in total. The van der Waals surface area contributed by atoms with Gasteiger partial charge in [-0.2, -0.15) is 0 Å². The van der Waals surface area contributed by atoms with E-state index in [1.54, 1.807) is 6.07 Å². The third kappa shape index (κ3) is 5.57. The molecule has 4 aromatic carbocycles. The van der Waals surface area contributed by atoms with E-state index in [0.717, 1.165) is 85.0 Å². The number of nitrogens with zero attached hydrogens (tertiary/aromatic N) is 2. The van der Waals surface area contributed by atoms with Crippen molar-refractivity contribution in [2.45, 2.75) is 25.2 Å². The number of nitrogens with one attached hydrogen (secondary N) is 5. The number of terminal acetylenes is 1. The molecule has 0 spiro atoms. The molecule has 7 aromatic rings. The lowest BCUT2D eigenvalue weighted by molar-refractivity contribution is 0.0952. The minimum atomic E-state index is -0.252. The fourth-order valence-electron chi connectivity index (χ4n) is 7.76. The smallest absolute Gasteiger partial charge is 0.252 e. The fourth-order valence-corrected chi connectivity index (χ4v) is 7.76. The van der Waals surface area contributed by atoms with Crippen LogP contribution in [0, 0.1) is 12.3 Å². The van der Waals surface area contributed by atoms with E-state index in [2.05, 4.69) is 79.7 Å². The Hall–Kier alpha value is -6.28. The standard InChI is InChI=1S/2C21H20N4O/c1-25(2)11-18-19(13-5-3-4-6-16(13)23-18)20-14-10-17-12(7-8-22-17)9-15(14)21(26)24-20;1-4-12-9-15-14(10-16(12)22)20(24-21(15)26)19-13-7-5-6-8-17(13)23-18(19)11-25(2)3/h3-10,20,22-23H,11H2,1-2H3,(H,24,26);1,5-10,20,23H,11,22H2,2-3H3,(H,24,26). The predicted molar refractivity (Wildman–Crippen MR) is 207 cm³/mol. The van der Waals surface area contributed by atoms with Crippen molar-refractivity contribution in [1.29, 1.82) is 0 Å². The number of para-hydroxylation sites is 2. The van der Waals surface area contributed by atoms with Crippen molar-refractivity contribution in [2.24, 2.45) is 0 Å². The Labute approximate surface area is 301 Å². The van der Waals surface area contributed by atoms with Gasteiger partial charge in [0.1, 0.15) is 0 Å². The van der Waals surface area contributed by atoms with Crippen LogP contribution >= 0.6 is 0 Å². The first kappa shape index (κ1) is 32.9. The molecule has 2 aliphatic rings. The quantitative estimate of drug-likeness (QED) is 0.0917. The largest absolute Gasteiger partial charge is 0.398 e. The molecular weight excluding hydrogens is 649 g/mol. The number of nitrogens with two attached hydrogens (primary N) is 1. The van der Waals surface area contributed by atoms with Crippen LogP contribution in [0.15, 0.2) is 85.1 Å². The number of H-pyrrole nitrogens is 3. The minimum absolute atomic E-state index is 0.00539. The molecule has 52 heavy (non-hydrogen) atoms. The summed E-state index contributed by atoms with van der Waals surface area (Å²) >= 11 is 0. The SMILES string of the molecule is C#Cc1cc2c(cc1N)C(c1c(CN(C)C)[nH]c3ccccc13)NC2=O.CN(C)Cc1[nH]c2ccccc2c1C1NC(=O)c2cc3cc[nH]c3cc21. The van der Waals surface area contributed by atoms with E-state index < -0.39 is 0 Å². The maximum absolute atomic E-state index is 12.7. The second-order valence-electron chi connectivity index (χ2n) is 14.1. The van der Waals surface area contributed by atoms with Crippen LogP contribution in [0.25, 0.3) is 32.7 Å². The predicted octanol–water partition coefficient (Wildman–Crippen LogP) is 6.17. The van der Waals surface area contributed by atoms with Crippen molar-refractivity contribution in [1.82, 2.24) is 35.4 Å². The lowest BCUT2D eigenvalue weighted by Gasteiger charge is -2.17. The molecular formula is C42H40N8O2. The van der Waals surface area contributed by atoms with E-state index in [1.165, 1.54) is 0 Å². The zero-order chi connectivity index (χ0) is 36.3. The summed E-state index contributed by atoms with van der Waals surface area (Å²) in [7, 11) is 8.15. The van der Waals surface area contributed by atoms with Crippen LogP contribution < -0.4 is 16.4 Å². The normalized spacial score (nSPS) is 16.2. The average molecular weight is 689 g/mol. The number of aromatic amines is 3. The van der Waals surface area contributed by atoms with Crippen molar-refractivity contribution < 1.29 is 9.59 Å². The van der Waals surface area contributed by atoms with Gasteiger partial charge in [0.25, 0.3) is 11.8 Å². The Balaban J connectivity index is 0.000000149. The number of benzene rings is 4. The van der Waals surface area contributed by atoms with Crippen LogP contribution in [-0.4, -0.2) is 64.8 Å². The minimum Gasteiger partial charge on any atom is -0.398 e. The van der Waals surface area contributed by atoms with Gasteiger partial charge in [-0.3, -0.25) is 9.59 Å². The number of amides is 2. The van der Waals surface area contributed by atoms with Crippen LogP contribution in [0.2, 0.25) is 0 Å². The van der Waals surface area contributed by atoms with Gasteiger partial charge in [-0.15, -0.1) is 6.42 Å². The first-order valence-corrected chi connectivity index (χ1v) is 17.2. The summed E-state index contributed by atoms with van der Waals surface area (Å²) in [5, 5.41) is 9.63. The molecule has 0 saturated heterocycles. The van der Waals surface area contributed by atoms with Gasteiger partial charge in [0, 0.05) is 96.9 Å². The number of anilines is 1. The summed E-state index contributed by atoms with van der Waals surface area (Å²) in [6, 6.07) is 25.6. The van der Waals surface area contributed by atoms with Crippen molar-refractivity contribution >= 4 is 50.2 Å². The van der Waals surface area contributed by atoms with Gasteiger partial charge in [-0.05, 0) is 81.8 Å². The zero-order valence-electron chi connectivity index (χ0n) is 29.5. The molecule has 260 valence electrons. The second-order valence-corrected chi connectivity index (χ2v) is 14.1. The van der Waals surface area contributed by atoms with E-state index in [-0.39, 0.29) is 23.9 Å². The summed E-state index contributed by atoms with van der Waals surface area (Å²) < 4.78 is 0. The van der Waals surface area contributed by atoms with Gasteiger partial charge < -0.3 is 41.1 Å². The molecule has 0 aliphatic carbocycles. The number of nitrogen functional groups attached to an aromatic ring is 1. The highest BCUT2D eigenvalue weighted by Crippen LogP contribution is 2.40. The molecule has 3 aromatic heterocycles.